The van der Waals surface area contributed by atoms with Crippen molar-refractivity contribution in [1.82, 2.24) is 5.48 Å². The third-order valence-corrected chi connectivity index (χ3v) is 3.72. The zero-order valence-electron chi connectivity index (χ0n) is 13.4. The quantitative estimate of drug-likeness (QED) is 0.676. The molecule has 0 radical (unpaired) electrons. The molecule has 4 heteroatoms. The van der Waals surface area contributed by atoms with E-state index in [1.807, 2.05) is 42.5 Å². The van der Waals surface area contributed by atoms with Crippen LogP contribution in [0.15, 0.2) is 54.6 Å². The van der Waals surface area contributed by atoms with Gasteiger partial charge in [0.25, 0.3) is 0 Å². The summed E-state index contributed by atoms with van der Waals surface area (Å²) in [4.78, 5) is 17.1. The van der Waals surface area contributed by atoms with E-state index in [4.69, 9.17) is 4.84 Å². The maximum Gasteiger partial charge on any atom is 0.336 e. The first-order valence-corrected chi connectivity index (χ1v) is 7.95. The van der Waals surface area contributed by atoms with Crippen molar-refractivity contribution in [1.29, 1.82) is 0 Å². The highest BCUT2D eigenvalue weighted by molar-refractivity contribution is 5.89. The molecule has 2 rings (SSSR count). The van der Waals surface area contributed by atoms with Gasteiger partial charge in [-0.1, -0.05) is 68.3 Å². The van der Waals surface area contributed by atoms with Crippen LogP contribution in [0.4, 0.5) is 0 Å². The molecule has 1 unspecified atom stereocenters. The van der Waals surface area contributed by atoms with Crippen molar-refractivity contribution in [3.8, 4) is 0 Å². The van der Waals surface area contributed by atoms with Crippen molar-refractivity contribution < 1.29 is 14.7 Å². The van der Waals surface area contributed by atoms with Gasteiger partial charge in [0.1, 0.15) is 0 Å². The van der Waals surface area contributed by atoms with Gasteiger partial charge < -0.3 is 5.11 Å². The van der Waals surface area contributed by atoms with Gasteiger partial charge in [0.15, 0.2) is 0 Å². The Kier molecular flexibility index (Phi) is 6.78. The second-order valence-electron chi connectivity index (χ2n) is 5.48. The number of hydrogen-bond donors (Lipinski definition) is 2. The van der Waals surface area contributed by atoms with E-state index in [9.17, 15) is 9.90 Å². The highest BCUT2D eigenvalue weighted by Gasteiger charge is 2.18. The van der Waals surface area contributed by atoms with Gasteiger partial charge in [-0.3, -0.25) is 4.84 Å². The summed E-state index contributed by atoms with van der Waals surface area (Å²) in [5.41, 5.74) is 5.21. The van der Waals surface area contributed by atoms with Crippen LogP contribution in [0.5, 0.6) is 0 Å². The summed E-state index contributed by atoms with van der Waals surface area (Å²) in [6.45, 7) is 2.56. The molecule has 0 heterocycles. The molecule has 0 fully saturated rings. The van der Waals surface area contributed by atoms with Crippen LogP contribution >= 0.6 is 0 Å². The van der Waals surface area contributed by atoms with Gasteiger partial charge in [0, 0.05) is 0 Å². The van der Waals surface area contributed by atoms with Gasteiger partial charge in [0.05, 0.1) is 18.2 Å². The molecule has 122 valence electrons. The highest BCUT2D eigenvalue weighted by Crippen LogP contribution is 2.23. The summed E-state index contributed by atoms with van der Waals surface area (Å²) >= 11 is 0. The van der Waals surface area contributed by atoms with Gasteiger partial charge in [-0.05, 0) is 23.6 Å². The second kappa shape index (κ2) is 9.08. The topological polar surface area (TPSA) is 58.6 Å². The lowest BCUT2D eigenvalue weighted by Crippen LogP contribution is -2.23. The zero-order chi connectivity index (χ0) is 16.5. The van der Waals surface area contributed by atoms with E-state index < -0.39 is 5.97 Å². The van der Waals surface area contributed by atoms with Gasteiger partial charge in [-0.2, -0.15) is 5.48 Å². The molecule has 0 aliphatic heterocycles. The molecule has 0 saturated heterocycles. The first kappa shape index (κ1) is 17.2. The van der Waals surface area contributed by atoms with E-state index in [0.717, 1.165) is 30.4 Å². The second-order valence-corrected chi connectivity index (χ2v) is 5.48. The summed E-state index contributed by atoms with van der Waals surface area (Å²) in [5.74, 6) is -0.910. The molecule has 0 aliphatic rings. The molecule has 23 heavy (non-hydrogen) atoms. The van der Waals surface area contributed by atoms with E-state index in [-0.39, 0.29) is 6.04 Å². The van der Waals surface area contributed by atoms with Gasteiger partial charge in [0.2, 0.25) is 0 Å². The molecule has 0 amide bonds. The summed E-state index contributed by atoms with van der Waals surface area (Å²) in [7, 11) is 0. The number of carbonyl (C=O) groups is 1. The molecular weight excluding hydrogens is 290 g/mol. The molecule has 2 aromatic carbocycles. The van der Waals surface area contributed by atoms with Crippen LogP contribution in [0.2, 0.25) is 0 Å². The molecule has 0 aromatic heterocycles. The molecule has 0 saturated carbocycles. The predicted octanol–water partition coefficient (Wildman–Crippen LogP) is 4.34. The largest absolute Gasteiger partial charge is 0.478 e. The van der Waals surface area contributed by atoms with Crippen LogP contribution in [0, 0.1) is 0 Å². The van der Waals surface area contributed by atoms with Crippen molar-refractivity contribution in [2.24, 2.45) is 0 Å². The standard InChI is InChI=1S/C19H23NO3/c1-2-3-13-18(16-11-7-8-12-17(16)19(21)22)20-23-14-15-9-5-4-6-10-15/h4-12,18,20H,2-3,13-14H2,1H3,(H,21,22). The van der Waals surface area contributed by atoms with Crippen LogP contribution in [-0.2, 0) is 11.4 Å². The Hall–Kier alpha value is -2.17. The number of carboxylic acids is 1. The predicted molar refractivity (Wildman–Crippen MR) is 90.0 cm³/mol. The van der Waals surface area contributed by atoms with Crippen LogP contribution in [0.1, 0.15) is 53.7 Å². The number of hydrogen-bond acceptors (Lipinski definition) is 3. The summed E-state index contributed by atoms with van der Waals surface area (Å²) in [5, 5.41) is 9.37. The molecule has 0 spiro atoms. The minimum atomic E-state index is -0.910. The normalized spacial score (nSPS) is 12.0. The first-order chi connectivity index (χ1) is 11.2. The lowest BCUT2D eigenvalue weighted by molar-refractivity contribution is 0.000240. The third kappa shape index (κ3) is 5.20. The number of unbranched alkanes of at least 4 members (excludes halogenated alkanes) is 1. The molecule has 2 N–H and O–H groups in total. The summed E-state index contributed by atoms with van der Waals surface area (Å²) in [6.07, 6.45) is 2.88. The van der Waals surface area contributed by atoms with Crippen molar-refractivity contribution in [2.75, 3.05) is 0 Å². The van der Waals surface area contributed by atoms with Gasteiger partial charge in [-0.25, -0.2) is 4.79 Å². The number of hydroxylamine groups is 1. The number of nitrogens with one attached hydrogen (secondary N) is 1. The fourth-order valence-electron chi connectivity index (χ4n) is 2.48. The van der Waals surface area contributed by atoms with E-state index in [1.54, 1.807) is 12.1 Å². The Balaban J connectivity index is 2.06. The molecule has 0 bridgehead atoms. The number of aromatic carboxylic acids is 1. The lowest BCUT2D eigenvalue weighted by atomic mass is 9.97. The Morgan fingerprint density at radius 3 is 2.52 bits per heavy atom. The maximum absolute atomic E-state index is 11.4. The smallest absolute Gasteiger partial charge is 0.336 e. The summed E-state index contributed by atoms with van der Waals surface area (Å²) in [6, 6.07) is 16.8. The monoisotopic (exact) mass is 313 g/mol. The van der Waals surface area contributed by atoms with E-state index in [2.05, 4.69) is 12.4 Å². The molecule has 2 aromatic rings. The maximum atomic E-state index is 11.4. The van der Waals surface area contributed by atoms with Gasteiger partial charge >= 0.3 is 5.97 Å². The SMILES string of the molecule is CCCCC(NOCc1ccccc1)c1ccccc1C(=O)O. The Morgan fingerprint density at radius 2 is 1.83 bits per heavy atom. The van der Waals surface area contributed by atoms with Crippen molar-refractivity contribution >= 4 is 5.97 Å². The lowest BCUT2D eigenvalue weighted by Gasteiger charge is -2.20. The average Bonchev–Trinajstić information content (AvgIpc) is 2.59. The average molecular weight is 313 g/mol. The van der Waals surface area contributed by atoms with Crippen molar-refractivity contribution in [2.45, 2.75) is 38.8 Å². The molecule has 0 aliphatic carbocycles. The minimum Gasteiger partial charge on any atom is -0.478 e. The van der Waals surface area contributed by atoms with E-state index in [1.165, 1.54) is 0 Å². The highest BCUT2D eigenvalue weighted by atomic mass is 16.6. The Bertz CT molecular complexity index is 613. The fourth-order valence-corrected chi connectivity index (χ4v) is 2.48. The van der Waals surface area contributed by atoms with Crippen LogP contribution < -0.4 is 5.48 Å². The number of rotatable bonds is 9. The van der Waals surface area contributed by atoms with Crippen LogP contribution in [-0.4, -0.2) is 11.1 Å². The van der Waals surface area contributed by atoms with E-state index >= 15 is 0 Å². The first-order valence-electron chi connectivity index (χ1n) is 7.95. The molecule has 1 atom stereocenters. The van der Waals surface area contributed by atoms with E-state index in [0.29, 0.717) is 12.2 Å². The van der Waals surface area contributed by atoms with Crippen molar-refractivity contribution in [3.63, 3.8) is 0 Å². The van der Waals surface area contributed by atoms with Crippen LogP contribution in [0.25, 0.3) is 0 Å². The Morgan fingerprint density at radius 1 is 1.13 bits per heavy atom. The number of carboxylic acid groups (broad SMARTS) is 1. The zero-order valence-corrected chi connectivity index (χ0v) is 13.4. The third-order valence-electron chi connectivity index (χ3n) is 3.72. The Labute approximate surface area is 137 Å². The number of benzene rings is 2. The summed E-state index contributed by atoms with van der Waals surface area (Å²) < 4.78 is 0. The minimum absolute atomic E-state index is 0.133. The van der Waals surface area contributed by atoms with Gasteiger partial charge in [-0.15, -0.1) is 0 Å². The van der Waals surface area contributed by atoms with Crippen molar-refractivity contribution in [3.05, 3.63) is 71.3 Å². The molecular formula is C19H23NO3. The van der Waals surface area contributed by atoms with Crippen LogP contribution in [0.3, 0.4) is 0 Å². The molecule has 4 nitrogen and oxygen atoms in total. The fraction of sp³-hybridized carbons (Fsp3) is 0.316.